The van der Waals surface area contributed by atoms with Gasteiger partial charge in [0.1, 0.15) is 54.3 Å². The maximum atomic E-state index is 11.6. The molecule has 252 valence electrons. The lowest BCUT2D eigenvalue weighted by Gasteiger charge is -2.33. The van der Waals surface area contributed by atoms with Gasteiger partial charge in [-0.15, -0.1) is 0 Å². The average molecular weight is 730 g/mol. The predicted molar refractivity (Wildman–Crippen MR) is 197 cm³/mol. The van der Waals surface area contributed by atoms with Gasteiger partial charge in [-0.3, -0.25) is 0 Å². The van der Waals surface area contributed by atoms with Crippen LogP contribution in [0.2, 0.25) is 0 Å². The number of hydrogen-bond donors (Lipinski definition) is 1. The van der Waals surface area contributed by atoms with Gasteiger partial charge in [-0.05, 0) is 55.9 Å². The third kappa shape index (κ3) is 8.13. The average Bonchev–Trinajstić information content (AvgIpc) is 3.17. The largest absolute Gasteiger partial charge is 0.487 e. The Kier molecular flexibility index (Phi) is 10.6. The molecule has 0 aliphatic carbocycles. The van der Waals surface area contributed by atoms with Crippen LogP contribution in [0.3, 0.4) is 0 Å². The number of rotatable bonds is 13. The standard InChI is InChI=1S/C43H37BrO6/c44-41-40(48-28-32-17-9-3-10-18-32)25-38-35(43(41)49-29-33-19-11-4-12-20-33)24-36(45)42(50-38)34-21-22-37(46-26-30-13-5-1-6-14-30)39(23-34)47-27-31-15-7-2-8-16-31/h1-23,25,36,42,45H,24,26-29H2. The van der Waals surface area contributed by atoms with Crippen LogP contribution in [0, 0.1) is 0 Å². The van der Waals surface area contributed by atoms with Crippen LogP contribution in [0.4, 0.5) is 0 Å². The highest BCUT2D eigenvalue weighted by molar-refractivity contribution is 9.10. The molecule has 6 aromatic rings. The number of halogens is 1. The van der Waals surface area contributed by atoms with Gasteiger partial charge in [0.2, 0.25) is 0 Å². The summed E-state index contributed by atoms with van der Waals surface area (Å²) in [6.07, 6.45) is -1.22. The summed E-state index contributed by atoms with van der Waals surface area (Å²) in [4.78, 5) is 0. The van der Waals surface area contributed by atoms with E-state index in [0.717, 1.165) is 33.4 Å². The molecule has 1 heterocycles. The maximum absolute atomic E-state index is 11.6. The molecule has 0 bridgehead atoms. The first-order valence-electron chi connectivity index (χ1n) is 16.6. The molecule has 0 radical (unpaired) electrons. The van der Waals surface area contributed by atoms with E-state index in [1.54, 1.807) is 0 Å². The molecule has 0 saturated carbocycles. The molecule has 0 saturated heterocycles. The predicted octanol–water partition coefficient (Wildman–Crippen LogP) is 9.80. The summed E-state index contributed by atoms with van der Waals surface area (Å²) >= 11 is 3.76. The van der Waals surface area contributed by atoms with Crippen molar-refractivity contribution in [3.05, 3.63) is 183 Å². The fourth-order valence-electron chi connectivity index (χ4n) is 5.87. The Balaban J connectivity index is 1.18. The molecule has 0 aromatic heterocycles. The summed E-state index contributed by atoms with van der Waals surface area (Å²) < 4.78 is 32.6. The minimum Gasteiger partial charge on any atom is -0.487 e. The Morgan fingerprint density at radius 1 is 0.540 bits per heavy atom. The zero-order valence-corrected chi connectivity index (χ0v) is 29.0. The molecule has 6 aromatic carbocycles. The number of hydrogen-bond acceptors (Lipinski definition) is 6. The van der Waals surface area contributed by atoms with Gasteiger partial charge in [0.25, 0.3) is 0 Å². The molecule has 7 rings (SSSR count). The van der Waals surface area contributed by atoms with Gasteiger partial charge in [0, 0.05) is 18.1 Å². The van der Waals surface area contributed by atoms with Crippen molar-refractivity contribution in [2.45, 2.75) is 45.1 Å². The highest BCUT2D eigenvalue weighted by Crippen LogP contribution is 2.49. The first kappa shape index (κ1) is 33.3. The highest BCUT2D eigenvalue weighted by Gasteiger charge is 2.35. The Bertz CT molecular complexity index is 1990. The van der Waals surface area contributed by atoms with Crippen LogP contribution < -0.4 is 23.7 Å². The summed E-state index contributed by atoms with van der Waals surface area (Å²) in [5, 5.41) is 11.6. The zero-order chi connectivity index (χ0) is 34.1. The highest BCUT2D eigenvalue weighted by atomic mass is 79.9. The van der Waals surface area contributed by atoms with E-state index in [0.29, 0.717) is 66.1 Å². The molecule has 2 unspecified atom stereocenters. The lowest BCUT2D eigenvalue weighted by Crippen LogP contribution is -2.31. The van der Waals surface area contributed by atoms with Crippen molar-refractivity contribution in [2.24, 2.45) is 0 Å². The minimum absolute atomic E-state index is 0.314. The van der Waals surface area contributed by atoms with Gasteiger partial charge in [0.15, 0.2) is 11.5 Å². The van der Waals surface area contributed by atoms with Crippen molar-refractivity contribution < 1.29 is 28.8 Å². The first-order chi connectivity index (χ1) is 24.6. The summed E-state index contributed by atoms with van der Waals surface area (Å²) in [6, 6.07) is 47.6. The monoisotopic (exact) mass is 728 g/mol. The second-order valence-corrected chi connectivity index (χ2v) is 12.9. The lowest BCUT2D eigenvalue weighted by molar-refractivity contribution is 0.0191. The van der Waals surface area contributed by atoms with Gasteiger partial charge >= 0.3 is 0 Å². The van der Waals surface area contributed by atoms with Crippen LogP contribution in [-0.2, 0) is 32.8 Å². The minimum atomic E-state index is -0.859. The Hall–Kier alpha value is -5.24. The van der Waals surface area contributed by atoms with Gasteiger partial charge in [0.05, 0.1) is 6.10 Å². The molecular weight excluding hydrogens is 692 g/mol. The Morgan fingerprint density at radius 2 is 1.00 bits per heavy atom. The molecule has 0 fully saturated rings. The van der Waals surface area contributed by atoms with Gasteiger partial charge in [-0.2, -0.15) is 0 Å². The number of benzene rings is 6. The fourth-order valence-corrected chi connectivity index (χ4v) is 6.45. The fraction of sp³-hybridized carbons (Fsp3) is 0.163. The molecule has 2 atom stereocenters. The number of aliphatic hydroxyl groups is 1. The van der Waals surface area contributed by atoms with E-state index in [1.165, 1.54) is 0 Å². The molecule has 1 aliphatic heterocycles. The second-order valence-electron chi connectivity index (χ2n) is 12.1. The van der Waals surface area contributed by atoms with Crippen molar-refractivity contribution in [3.63, 3.8) is 0 Å². The number of fused-ring (bicyclic) bond motifs is 1. The summed E-state index contributed by atoms with van der Waals surface area (Å²) in [5.41, 5.74) is 5.68. The van der Waals surface area contributed by atoms with Crippen molar-refractivity contribution in [1.82, 2.24) is 0 Å². The normalized spacial score (nSPS) is 15.0. The van der Waals surface area contributed by atoms with Crippen molar-refractivity contribution in [2.75, 3.05) is 0 Å². The summed E-state index contributed by atoms with van der Waals surface area (Å²) in [6.45, 7) is 1.47. The molecule has 6 nitrogen and oxygen atoms in total. The smallest absolute Gasteiger partial charge is 0.162 e. The van der Waals surface area contributed by atoms with E-state index >= 15 is 0 Å². The molecule has 0 spiro atoms. The second kappa shape index (κ2) is 16.0. The van der Waals surface area contributed by atoms with E-state index in [9.17, 15) is 5.11 Å². The van der Waals surface area contributed by atoms with Crippen LogP contribution in [0.5, 0.6) is 28.7 Å². The summed E-state index contributed by atoms with van der Waals surface area (Å²) in [7, 11) is 0. The Morgan fingerprint density at radius 3 is 1.52 bits per heavy atom. The maximum Gasteiger partial charge on any atom is 0.162 e. The summed E-state index contributed by atoms with van der Waals surface area (Å²) in [5.74, 6) is 2.94. The van der Waals surface area contributed by atoms with Gasteiger partial charge in [-0.25, -0.2) is 0 Å². The third-order valence-electron chi connectivity index (χ3n) is 8.50. The topological polar surface area (TPSA) is 66.4 Å². The lowest BCUT2D eigenvalue weighted by atomic mass is 9.93. The van der Waals surface area contributed by atoms with Crippen LogP contribution >= 0.6 is 15.9 Å². The molecular formula is C43H37BrO6. The van der Waals surface area contributed by atoms with Crippen LogP contribution in [0.15, 0.2) is 150 Å². The van der Waals surface area contributed by atoms with Crippen molar-refractivity contribution in [3.8, 4) is 28.7 Å². The first-order valence-corrected chi connectivity index (χ1v) is 17.4. The third-order valence-corrected chi connectivity index (χ3v) is 9.25. The van der Waals surface area contributed by atoms with E-state index in [4.69, 9.17) is 23.7 Å². The number of ether oxygens (including phenoxy) is 5. The van der Waals surface area contributed by atoms with E-state index in [1.807, 2.05) is 146 Å². The van der Waals surface area contributed by atoms with Crippen molar-refractivity contribution in [1.29, 1.82) is 0 Å². The van der Waals surface area contributed by atoms with Crippen LogP contribution in [0.25, 0.3) is 0 Å². The molecule has 1 N–H and O–H groups in total. The molecule has 7 heteroatoms. The van der Waals surface area contributed by atoms with Gasteiger partial charge in [-0.1, -0.05) is 127 Å². The van der Waals surface area contributed by atoms with E-state index in [2.05, 4.69) is 15.9 Å². The van der Waals surface area contributed by atoms with Crippen molar-refractivity contribution >= 4 is 15.9 Å². The van der Waals surface area contributed by atoms with Crippen LogP contribution in [-0.4, -0.2) is 11.2 Å². The van der Waals surface area contributed by atoms with E-state index < -0.39 is 12.2 Å². The van der Waals surface area contributed by atoms with Gasteiger partial charge < -0.3 is 28.8 Å². The molecule has 1 aliphatic rings. The molecule has 0 amide bonds. The zero-order valence-electron chi connectivity index (χ0n) is 27.4. The Labute approximate surface area is 300 Å². The quantitative estimate of drug-likeness (QED) is 0.128. The SMILES string of the molecule is OC1Cc2c(cc(OCc3ccccc3)c(Br)c2OCc2ccccc2)OC1c1ccc(OCc2ccccc2)c(OCc2ccccc2)c1. The van der Waals surface area contributed by atoms with Crippen LogP contribution in [0.1, 0.15) is 39.5 Å². The van der Waals surface area contributed by atoms with E-state index in [-0.39, 0.29) is 0 Å². The number of aliphatic hydroxyl groups excluding tert-OH is 1. The molecule has 50 heavy (non-hydrogen) atoms.